The van der Waals surface area contributed by atoms with E-state index >= 15 is 0 Å². The van der Waals surface area contributed by atoms with Gasteiger partial charge in [-0.05, 0) is 43.6 Å². The lowest BCUT2D eigenvalue weighted by atomic mass is 9.90. The lowest BCUT2D eigenvalue weighted by molar-refractivity contribution is -0.928. The van der Waals surface area contributed by atoms with Crippen LogP contribution in [0.5, 0.6) is 0 Å². The van der Waals surface area contributed by atoms with Gasteiger partial charge < -0.3 is 4.48 Å². The van der Waals surface area contributed by atoms with Gasteiger partial charge in [0, 0.05) is 5.56 Å². The van der Waals surface area contributed by atoms with E-state index in [0.29, 0.717) is 0 Å². The van der Waals surface area contributed by atoms with Crippen LogP contribution < -0.4 is 0 Å². The molecule has 0 aromatic heterocycles. The molecule has 3 aliphatic heterocycles. The fraction of sp³-hybridized carbons (Fsp3) is 0.625. The normalized spacial score (nSPS) is 33.1. The Hall–Kier alpha value is -0.820. The fourth-order valence-electron chi connectivity index (χ4n) is 3.61. The molecule has 0 radical (unpaired) electrons. The number of piperidine rings is 1. The van der Waals surface area contributed by atoms with Gasteiger partial charge in [0.2, 0.25) is 0 Å². The van der Waals surface area contributed by atoms with Crippen molar-refractivity contribution in [3.8, 4) is 0 Å². The molecule has 1 aromatic rings. The Balaban J connectivity index is 1.89. The van der Waals surface area contributed by atoms with Crippen molar-refractivity contribution in [1.82, 2.24) is 0 Å². The van der Waals surface area contributed by atoms with Crippen LogP contribution in [-0.2, 0) is 13.0 Å². The van der Waals surface area contributed by atoms with Crippen LogP contribution in [-0.4, -0.2) is 24.6 Å². The number of benzene rings is 1. The molecule has 0 spiro atoms. The molecule has 0 saturated carbocycles. The predicted octanol–water partition coefficient (Wildman–Crippen LogP) is 3.38. The molecule has 4 rings (SSSR count). The van der Waals surface area contributed by atoms with Crippen LogP contribution in [0.25, 0.3) is 0 Å². The van der Waals surface area contributed by atoms with E-state index in [-0.39, 0.29) is 0 Å². The first-order chi connectivity index (χ1) is 8.23. The van der Waals surface area contributed by atoms with Gasteiger partial charge in [-0.15, -0.1) is 0 Å². The van der Waals surface area contributed by atoms with Crippen LogP contribution in [0.3, 0.4) is 0 Å². The smallest absolute Gasteiger partial charge is 0.104 e. The van der Waals surface area contributed by atoms with Crippen molar-refractivity contribution in [2.24, 2.45) is 5.92 Å². The van der Waals surface area contributed by atoms with E-state index in [2.05, 4.69) is 31.3 Å². The third kappa shape index (κ3) is 2.55. The zero-order valence-corrected chi connectivity index (χ0v) is 11.0. The van der Waals surface area contributed by atoms with Crippen LogP contribution in [0.1, 0.15) is 36.8 Å². The first-order valence-electron chi connectivity index (χ1n) is 7.15. The van der Waals surface area contributed by atoms with Gasteiger partial charge in [0.05, 0.1) is 20.1 Å². The van der Waals surface area contributed by atoms with Crippen LogP contribution >= 0.6 is 0 Å². The summed E-state index contributed by atoms with van der Waals surface area (Å²) >= 11 is 0. The molecule has 3 aliphatic rings. The van der Waals surface area contributed by atoms with E-state index in [1.807, 2.05) is 0 Å². The predicted molar refractivity (Wildman–Crippen MR) is 71.7 cm³/mol. The second-order valence-electron chi connectivity index (χ2n) is 6.38. The monoisotopic (exact) mass is 230 g/mol. The Kier molecular flexibility index (Phi) is 2.96. The molecule has 0 N–H and O–H groups in total. The molecule has 1 aromatic carbocycles. The quantitative estimate of drug-likeness (QED) is 0.599. The van der Waals surface area contributed by atoms with Gasteiger partial charge in [-0.3, -0.25) is 0 Å². The van der Waals surface area contributed by atoms with Gasteiger partial charge >= 0.3 is 0 Å². The second-order valence-corrected chi connectivity index (χ2v) is 6.38. The van der Waals surface area contributed by atoms with Crippen molar-refractivity contribution in [2.45, 2.75) is 38.6 Å². The van der Waals surface area contributed by atoms with E-state index in [1.165, 1.54) is 56.2 Å². The highest BCUT2D eigenvalue weighted by Gasteiger charge is 2.30. The van der Waals surface area contributed by atoms with Gasteiger partial charge in [0.25, 0.3) is 0 Å². The minimum absolute atomic E-state index is 1.01. The topological polar surface area (TPSA) is 0 Å². The molecule has 0 aliphatic carbocycles. The van der Waals surface area contributed by atoms with E-state index in [0.717, 1.165) is 5.92 Å². The Morgan fingerprint density at radius 3 is 2.65 bits per heavy atom. The zero-order valence-electron chi connectivity index (χ0n) is 11.0. The third-order valence-corrected chi connectivity index (χ3v) is 4.79. The Bertz CT molecular complexity index is 388. The number of hydrogen-bond acceptors (Lipinski definition) is 0. The first-order valence-corrected chi connectivity index (χ1v) is 7.15. The summed E-state index contributed by atoms with van der Waals surface area (Å²) in [6, 6.07) is 9.32. The standard InChI is InChI=1S/C16H24N/c1-17-10-8-14(9-11-17)4-2-5-15-6-3-7-16(12-15)13-17/h3,6-7,12,14H,2,4-5,8-11,13H2,1H3/q+1. The van der Waals surface area contributed by atoms with Crippen LogP contribution in [0.2, 0.25) is 0 Å². The number of quaternary nitrogens is 1. The van der Waals surface area contributed by atoms with Gasteiger partial charge in [-0.25, -0.2) is 0 Å². The Morgan fingerprint density at radius 2 is 1.82 bits per heavy atom. The SMILES string of the molecule is C[N+]12CCC(CCCc3cccc(c3)C1)CC2. The molecule has 17 heavy (non-hydrogen) atoms. The molecule has 3 heterocycles. The molecular formula is C16H24N+. The Morgan fingerprint density at radius 1 is 1.06 bits per heavy atom. The minimum atomic E-state index is 1.01. The lowest BCUT2D eigenvalue weighted by Gasteiger charge is -2.40. The maximum Gasteiger partial charge on any atom is 0.104 e. The van der Waals surface area contributed by atoms with Crippen molar-refractivity contribution in [3.05, 3.63) is 35.4 Å². The van der Waals surface area contributed by atoms with Crippen LogP contribution in [0, 0.1) is 5.92 Å². The summed E-state index contributed by atoms with van der Waals surface area (Å²) in [5.41, 5.74) is 3.10. The number of aryl methyl sites for hydroxylation is 1. The summed E-state index contributed by atoms with van der Waals surface area (Å²) < 4.78 is 1.26. The molecule has 0 unspecified atom stereocenters. The van der Waals surface area contributed by atoms with Crippen LogP contribution in [0.4, 0.5) is 0 Å². The van der Waals surface area contributed by atoms with Crippen molar-refractivity contribution in [1.29, 1.82) is 0 Å². The Labute approximate surface area is 105 Å². The summed E-state index contributed by atoms with van der Waals surface area (Å²) in [6.45, 7) is 4.00. The van der Waals surface area contributed by atoms with E-state index in [1.54, 1.807) is 11.1 Å². The second kappa shape index (κ2) is 4.45. The van der Waals surface area contributed by atoms with Gasteiger partial charge in [0.15, 0.2) is 0 Å². The summed E-state index contributed by atoms with van der Waals surface area (Å²) in [5, 5.41) is 0. The highest BCUT2D eigenvalue weighted by molar-refractivity contribution is 5.23. The summed E-state index contributed by atoms with van der Waals surface area (Å²) in [5.74, 6) is 1.01. The molecule has 1 heteroatoms. The maximum absolute atomic E-state index is 2.45. The molecule has 0 amide bonds. The van der Waals surface area contributed by atoms with Crippen molar-refractivity contribution < 1.29 is 4.48 Å². The zero-order chi connectivity index (χ0) is 11.7. The first kappa shape index (κ1) is 11.3. The lowest BCUT2D eigenvalue weighted by Crippen LogP contribution is -2.48. The molecule has 1 fully saturated rings. The van der Waals surface area contributed by atoms with Gasteiger partial charge in [-0.2, -0.15) is 0 Å². The summed E-state index contributed by atoms with van der Waals surface area (Å²) in [6.07, 6.45) is 7.02. The van der Waals surface area contributed by atoms with Crippen LogP contribution in [0.15, 0.2) is 24.3 Å². The van der Waals surface area contributed by atoms with E-state index in [4.69, 9.17) is 0 Å². The largest absolute Gasteiger partial charge is 0.322 e. The summed E-state index contributed by atoms with van der Waals surface area (Å²) in [4.78, 5) is 0. The number of hydrogen-bond donors (Lipinski definition) is 0. The average molecular weight is 230 g/mol. The fourth-order valence-corrected chi connectivity index (χ4v) is 3.61. The maximum atomic E-state index is 2.45. The average Bonchev–Trinajstić information content (AvgIpc) is 2.34. The van der Waals surface area contributed by atoms with Crippen molar-refractivity contribution >= 4 is 0 Å². The van der Waals surface area contributed by atoms with E-state index in [9.17, 15) is 0 Å². The van der Waals surface area contributed by atoms with Crippen molar-refractivity contribution in [3.63, 3.8) is 0 Å². The van der Waals surface area contributed by atoms with E-state index < -0.39 is 0 Å². The third-order valence-electron chi connectivity index (χ3n) is 4.79. The number of fused-ring (bicyclic) bond motifs is 4. The number of nitrogens with zero attached hydrogens (tertiary/aromatic N) is 1. The van der Waals surface area contributed by atoms with Gasteiger partial charge in [-0.1, -0.05) is 24.3 Å². The molecule has 1 nitrogen and oxygen atoms in total. The van der Waals surface area contributed by atoms with Gasteiger partial charge in [0.1, 0.15) is 6.54 Å². The highest BCUT2D eigenvalue weighted by atomic mass is 15.3. The molecule has 1 saturated heterocycles. The molecule has 4 bridgehead atoms. The number of rotatable bonds is 0. The minimum Gasteiger partial charge on any atom is -0.322 e. The molecule has 0 atom stereocenters. The summed E-state index contributed by atoms with van der Waals surface area (Å²) in [7, 11) is 2.45. The molecular weight excluding hydrogens is 206 g/mol. The molecule has 92 valence electrons. The highest BCUT2D eigenvalue weighted by Crippen LogP contribution is 2.29. The van der Waals surface area contributed by atoms with Crippen molar-refractivity contribution in [2.75, 3.05) is 20.1 Å².